The van der Waals surface area contributed by atoms with E-state index < -0.39 is 0 Å². The van der Waals surface area contributed by atoms with E-state index in [9.17, 15) is 4.79 Å². The van der Waals surface area contributed by atoms with E-state index in [1.54, 1.807) is 6.20 Å². The minimum Gasteiger partial charge on any atom is -0.342 e. The van der Waals surface area contributed by atoms with Crippen molar-refractivity contribution in [2.45, 2.75) is 25.7 Å². The Bertz CT molecular complexity index is 650. The predicted octanol–water partition coefficient (Wildman–Crippen LogP) is 1.43. The number of carbonyl (C=O) groups excluding carboxylic acids is 1. The second-order valence-corrected chi connectivity index (χ2v) is 5.91. The molecule has 1 atom stereocenters. The molecule has 23 heavy (non-hydrogen) atoms. The van der Waals surface area contributed by atoms with Gasteiger partial charge >= 0.3 is 0 Å². The Kier molecular flexibility index (Phi) is 4.66. The van der Waals surface area contributed by atoms with Crippen LogP contribution < -0.4 is 5.73 Å². The van der Waals surface area contributed by atoms with Gasteiger partial charge in [-0.25, -0.2) is 0 Å². The molecule has 0 aliphatic carbocycles. The van der Waals surface area contributed by atoms with Crippen molar-refractivity contribution in [3.8, 4) is 11.5 Å². The van der Waals surface area contributed by atoms with Crippen LogP contribution in [0.25, 0.3) is 11.5 Å². The van der Waals surface area contributed by atoms with Crippen molar-refractivity contribution >= 4 is 5.91 Å². The summed E-state index contributed by atoms with van der Waals surface area (Å²) in [4.78, 5) is 22.7. The third kappa shape index (κ3) is 3.39. The number of likely N-dealkylation sites (tertiary alicyclic amines) is 1. The van der Waals surface area contributed by atoms with Gasteiger partial charge in [0.1, 0.15) is 5.69 Å². The molecule has 3 heterocycles. The Labute approximate surface area is 134 Å². The zero-order valence-corrected chi connectivity index (χ0v) is 13.2. The summed E-state index contributed by atoms with van der Waals surface area (Å²) in [6.45, 7) is 3.66. The van der Waals surface area contributed by atoms with Crippen LogP contribution in [0.5, 0.6) is 0 Å². The van der Waals surface area contributed by atoms with E-state index in [4.69, 9.17) is 10.3 Å². The van der Waals surface area contributed by atoms with Gasteiger partial charge in [0, 0.05) is 37.7 Å². The summed E-state index contributed by atoms with van der Waals surface area (Å²) in [5.74, 6) is 1.34. The van der Waals surface area contributed by atoms with Gasteiger partial charge in [-0.3, -0.25) is 9.78 Å². The van der Waals surface area contributed by atoms with Crippen LogP contribution in [0.4, 0.5) is 0 Å². The highest BCUT2D eigenvalue weighted by Crippen LogP contribution is 2.28. The summed E-state index contributed by atoms with van der Waals surface area (Å²) in [5, 5.41) is 4.01. The van der Waals surface area contributed by atoms with Crippen LogP contribution >= 0.6 is 0 Å². The zero-order chi connectivity index (χ0) is 16.2. The third-order valence-electron chi connectivity index (χ3n) is 4.27. The Morgan fingerprint density at radius 1 is 1.43 bits per heavy atom. The molecule has 1 aliphatic rings. The molecular weight excluding hydrogens is 294 g/mol. The normalized spacial score (nSPS) is 17.2. The van der Waals surface area contributed by atoms with Crippen LogP contribution in [0.15, 0.2) is 28.9 Å². The lowest BCUT2D eigenvalue weighted by atomic mass is 9.95. The van der Waals surface area contributed by atoms with Gasteiger partial charge in [0.25, 0.3) is 0 Å². The summed E-state index contributed by atoms with van der Waals surface area (Å²) >= 11 is 0. The molecule has 2 aromatic heterocycles. The van der Waals surface area contributed by atoms with Gasteiger partial charge in [0.2, 0.25) is 17.6 Å². The summed E-state index contributed by atoms with van der Waals surface area (Å²) in [6.07, 6.45) is 3.36. The number of aromatic nitrogens is 3. The number of hydrogen-bond acceptors (Lipinski definition) is 6. The maximum Gasteiger partial charge on any atom is 0.230 e. The van der Waals surface area contributed by atoms with Crippen molar-refractivity contribution in [3.05, 3.63) is 30.3 Å². The van der Waals surface area contributed by atoms with E-state index in [-0.39, 0.29) is 17.7 Å². The molecule has 0 saturated carbocycles. The van der Waals surface area contributed by atoms with Crippen molar-refractivity contribution in [1.29, 1.82) is 0 Å². The topological polar surface area (TPSA) is 98.1 Å². The Balaban J connectivity index is 1.62. The number of amides is 1. The third-order valence-corrected chi connectivity index (χ3v) is 4.27. The second kappa shape index (κ2) is 6.87. The first kappa shape index (κ1) is 15.6. The summed E-state index contributed by atoms with van der Waals surface area (Å²) in [6, 6.07) is 5.59. The fourth-order valence-corrected chi connectivity index (χ4v) is 2.76. The van der Waals surface area contributed by atoms with Crippen molar-refractivity contribution in [1.82, 2.24) is 20.0 Å². The summed E-state index contributed by atoms with van der Waals surface area (Å²) in [5.41, 5.74) is 6.27. The minimum atomic E-state index is -0.120. The van der Waals surface area contributed by atoms with Crippen LogP contribution in [-0.2, 0) is 4.79 Å². The number of piperidine rings is 1. The maximum atomic E-state index is 12.1. The van der Waals surface area contributed by atoms with Gasteiger partial charge in [0.05, 0.1) is 0 Å². The van der Waals surface area contributed by atoms with Crippen LogP contribution in [0.2, 0.25) is 0 Å². The number of pyridine rings is 1. The van der Waals surface area contributed by atoms with Crippen molar-refractivity contribution in [2.24, 2.45) is 11.7 Å². The number of carbonyl (C=O) groups is 1. The smallest absolute Gasteiger partial charge is 0.230 e. The molecule has 1 unspecified atom stereocenters. The fourth-order valence-electron chi connectivity index (χ4n) is 2.76. The van der Waals surface area contributed by atoms with Crippen molar-refractivity contribution in [2.75, 3.05) is 19.6 Å². The van der Waals surface area contributed by atoms with E-state index in [0.717, 1.165) is 12.8 Å². The molecule has 3 rings (SSSR count). The number of nitrogens with two attached hydrogens (primary N) is 1. The molecule has 122 valence electrons. The molecule has 1 fully saturated rings. The predicted molar refractivity (Wildman–Crippen MR) is 84.3 cm³/mol. The van der Waals surface area contributed by atoms with Crippen LogP contribution in [-0.4, -0.2) is 45.6 Å². The van der Waals surface area contributed by atoms with Crippen LogP contribution in [0.1, 0.15) is 31.6 Å². The summed E-state index contributed by atoms with van der Waals surface area (Å²) in [7, 11) is 0. The van der Waals surface area contributed by atoms with Gasteiger partial charge in [0.15, 0.2) is 0 Å². The Hall–Kier alpha value is -2.28. The number of rotatable bonds is 4. The molecule has 0 spiro atoms. The number of nitrogens with zero attached hydrogens (tertiary/aromatic N) is 4. The molecule has 0 radical (unpaired) electrons. The SMILES string of the molecule is CC(CN)C(=O)N1CCC(c2nc(-c3ccccn3)no2)CC1. The van der Waals surface area contributed by atoms with E-state index >= 15 is 0 Å². The number of hydrogen-bond donors (Lipinski definition) is 1. The standard InChI is InChI=1S/C16H21N5O2/c1-11(10-17)16(22)21-8-5-12(6-9-21)15-19-14(20-23-15)13-4-2-3-7-18-13/h2-4,7,11-12H,5-6,8-10,17H2,1H3. The largest absolute Gasteiger partial charge is 0.342 e. The first-order valence-electron chi connectivity index (χ1n) is 7.93. The zero-order valence-electron chi connectivity index (χ0n) is 13.2. The molecule has 2 N–H and O–H groups in total. The molecule has 0 aromatic carbocycles. The Morgan fingerprint density at radius 3 is 2.87 bits per heavy atom. The van der Waals surface area contributed by atoms with Gasteiger partial charge in [-0.15, -0.1) is 0 Å². The molecule has 1 saturated heterocycles. The van der Waals surface area contributed by atoms with Crippen LogP contribution in [0, 0.1) is 5.92 Å². The molecule has 1 aliphatic heterocycles. The Morgan fingerprint density at radius 2 is 2.22 bits per heavy atom. The lowest BCUT2D eigenvalue weighted by molar-refractivity contribution is -0.135. The lowest BCUT2D eigenvalue weighted by Gasteiger charge is -2.32. The highest BCUT2D eigenvalue weighted by Gasteiger charge is 2.29. The van der Waals surface area contributed by atoms with E-state index in [0.29, 0.717) is 37.0 Å². The summed E-state index contributed by atoms with van der Waals surface area (Å²) < 4.78 is 5.40. The first-order valence-corrected chi connectivity index (χ1v) is 7.93. The molecule has 7 heteroatoms. The highest BCUT2D eigenvalue weighted by atomic mass is 16.5. The average molecular weight is 315 g/mol. The van der Waals surface area contributed by atoms with Crippen LogP contribution in [0.3, 0.4) is 0 Å². The highest BCUT2D eigenvalue weighted by molar-refractivity contribution is 5.78. The molecular formula is C16H21N5O2. The average Bonchev–Trinajstić information content (AvgIpc) is 3.11. The fraction of sp³-hybridized carbons (Fsp3) is 0.500. The molecule has 0 bridgehead atoms. The van der Waals surface area contributed by atoms with Crippen molar-refractivity contribution in [3.63, 3.8) is 0 Å². The molecule has 2 aromatic rings. The lowest BCUT2D eigenvalue weighted by Crippen LogP contribution is -2.42. The van der Waals surface area contributed by atoms with Crippen molar-refractivity contribution < 1.29 is 9.32 Å². The van der Waals surface area contributed by atoms with E-state index in [2.05, 4.69) is 15.1 Å². The monoisotopic (exact) mass is 315 g/mol. The van der Waals surface area contributed by atoms with E-state index in [1.165, 1.54) is 0 Å². The van der Waals surface area contributed by atoms with E-state index in [1.807, 2.05) is 30.0 Å². The second-order valence-electron chi connectivity index (χ2n) is 5.91. The quantitative estimate of drug-likeness (QED) is 0.916. The molecule has 1 amide bonds. The maximum absolute atomic E-state index is 12.1. The van der Waals surface area contributed by atoms with Gasteiger partial charge < -0.3 is 15.2 Å². The van der Waals surface area contributed by atoms with Gasteiger partial charge in [-0.2, -0.15) is 4.98 Å². The first-order chi connectivity index (χ1) is 11.2. The van der Waals surface area contributed by atoms with Gasteiger partial charge in [-0.1, -0.05) is 18.1 Å². The minimum absolute atomic E-state index is 0.120. The van der Waals surface area contributed by atoms with Gasteiger partial charge in [-0.05, 0) is 25.0 Å². The molecule has 7 nitrogen and oxygen atoms in total.